The molecular formula is C31H34N2O2. The summed E-state index contributed by atoms with van der Waals surface area (Å²) in [5.74, 6) is 0.0244. The number of allylic oxidation sites excluding steroid dienone is 9. The molecule has 6 atom stereocenters. The van der Waals surface area contributed by atoms with E-state index in [2.05, 4.69) is 67.9 Å². The molecule has 0 spiro atoms. The number of ketones is 2. The fraction of sp³-hybridized carbons (Fsp3) is 0.355. The maximum atomic E-state index is 14.1. The van der Waals surface area contributed by atoms with Crippen LogP contribution in [0.5, 0.6) is 0 Å². The third-order valence-electron chi connectivity index (χ3n) is 7.74. The number of Topliss-reactive ketones (excluding diaryl/α,β-unsaturated/α-hetero) is 2. The maximum Gasteiger partial charge on any atom is 0.173 e. The molecule has 4 heteroatoms. The number of carbonyl (C=O) groups is 2. The summed E-state index contributed by atoms with van der Waals surface area (Å²) in [6.45, 7) is 8.40. The lowest BCUT2D eigenvalue weighted by Crippen LogP contribution is -2.29. The first-order valence-corrected chi connectivity index (χ1v) is 12.7. The van der Waals surface area contributed by atoms with Gasteiger partial charge in [-0.3, -0.25) is 9.59 Å². The number of benzene rings is 1. The lowest BCUT2D eigenvalue weighted by atomic mass is 9.77. The van der Waals surface area contributed by atoms with Gasteiger partial charge in [0.25, 0.3) is 0 Å². The van der Waals surface area contributed by atoms with E-state index in [-0.39, 0.29) is 41.3 Å². The zero-order valence-corrected chi connectivity index (χ0v) is 20.9. The Morgan fingerprint density at radius 3 is 2.34 bits per heavy atom. The zero-order valence-electron chi connectivity index (χ0n) is 20.9. The third-order valence-corrected chi connectivity index (χ3v) is 7.74. The fourth-order valence-corrected chi connectivity index (χ4v) is 5.61. The van der Waals surface area contributed by atoms with Gasteiger partial charge in [0.2, 0.25) is 0 Å². The summed E-state index contributed by atoms with van der Waals surface area (Å²) < 4.78 is 0. The van der Waals surface area contributed by atoms with Crippen molar-refractivity contribution in [3.63, 3.8) is 0 Å². The maximum absolute atomic E-state index is 14.1. The highest BCUT2D eigenvalue weighted by atomic mass is 16.1. The second kappa shape index (κ2) is 9.33. The lowest BCUT2D eigenvalue weighted by molar-refractivity contribution is 0.0864. The number of rotatable bonds is 4. The van der Waals surface area contributed by atoms with Crippen molar-refractivity contribution in [2.75, 3.05) is 10.6 Å². The molecule has 1 aromatic carbocycles. The molecule has 180 valence electrons. The Morgan fingerprint density at radius 2 is 1.60 bits per heavy atom. The first-order valence-electron chi connectivity index (χ1n) is 12.7. The van der Waals surface area contributed by atoms with Gasteiger partial charge < -0.3 is 10.6 Å². The van der Waals surface area contributed by atoms with Crippen molar-refractivity contribution >= 4 is 22.9 Å². The quantitative estimate of drug-likeness (QED) is 0.508. The van der Waals surface area contributed by atoms with E-state index in [0.29, 0.717) is 22.7 Å². The lowest BCUT2D eigenvalue weighted by Gasteiger charge is -2.27. The van der Waals surface area contributed by atoms with E-state index >= 15 is 0 Å². The Morgan fingerprint density at radius 1 is 0.857 bits per heavy atom. The predicted molar refractivity (Wildman–Crippen MR) is 144 cm³/mol. The Bertz CT molecular complexity index is 1240. The minimum atomic E-state index is -0.341. The molecule has 4 nitrogen and oxygen atoms in total. The van der Waals surface area contributed by atoms with Crippen molar-refractivity contribution in [2.45, 2.75) is 40.2 Å². The number of fused-ring (bicyclic) bond motifs is 2. The molecule has 0 aliphatic heterocycles. The van der Waals surface area contributed by atoms with Gasteiger partial charge in [0.05, 0.1) is 22.9 Å². The predicted octanol–water partition coefficient (Wildman–Crippen LogP) is 6.88. The molecule has 4 aliphatic carbocycles. The van der Waals surface area contributed by atoms with Crippen molar-refractivity contribution in [3.05, 3.63) is 95.3 Å². The second-order valence-corrected chi connectivity index (χ2v) is 10.5. The largest absolute Gasteiger partial charge is 0.378 e. The van der Waals surface area contributed by atoms with Crippen LogP contribution in [0.4, 0.5) is 11.4 Å². The molecule has 0 heterocycles. The highest BCUT2D eigenvalue weighted by molar-refractivity contribution is 6.18. The summed E-state index contributed by atoms with van der Waals surface area (Å²) >= 11 is 0. The molecule has 1 aromatic rings. The Hall–Kier alpha value is -3.40. The second-order valence-electron chi connectivity index (χ2n) is 10.5. The van der Waals surface area contributed by atoms with Gasteiger partial charge in [0, 0.05) is 29.1 Å². The van der Waals surface area contributed by atoms with Crippen LogP contribution in [0.15, 0.2) is 84.2 Å². The van der Waals surface area contributed by atoms with Crippen molar-refractivity contribution in [1.29, 1.82) is 0 Å². The van der Waals surface area contributed by atoms with Crippen LogP contribution in [0.3, 0.4) is 0 Å². The zero-order chi connectivity index (χ0) is 24.7. The fourth-order valence-electron chi connectivity index (χ4n) is 5.61. The van der Waals surface area contributed by atoms with Crippen LogP contribution in [-0.4, -0.2) is 17.6 Å². The van der Waals surface area contributed by atoms with E-state index in [1.807, 2.05) is 43.4 Å². The molecule has 0 aromatic heterocycles. The number of anilines is 2. The summed E-state index contributed by atoms with van der Waals surface area (Å²) in [6, 6.07) is 3.96. The molecule has 2 N–H and O–H groups in total. The van der Waals surface area contributed by atoms with Crippen LogP contribution in [-0.2, 0) is 0 Å². The number of nitrogens with one attached hydrogen (secondary N) is 2. The van der Waals surface area contributed by atoms with E-state index < -0.39 is 0 Å². The van der Waals surface area contributed by atoms with Crippen LogP contribution in [0.2, 0.25) is 0 Å². The van der Waals surface area contributed by atoms with E-state index in [4.69, 9.17) is 0 Å². The van der Waals surface area contributed by atoms with Gasteiger partial charge in [-0.15, -0.1) is 0 Å². The van der Waals surface area contributed by atoms with Crippen molar-refractivity contribution in [3.8, 4) is 0 Å². The summed E-state index contributed by atoms with van der Waals surface area (Å²) in [5.41, 5.74) is 4.66. The SMILES string of the molecule is CC1=CC(C)C(Nc2ccc(NC3=CCC(C)C=C3)c3c2C(=O)C2C=CC=CC2[C@H](C)C3=O)C=C1. The van der Waals surface area contributed by atoms with Gasteiger partial charge in [-0.05, 0) is 43.4 Å². The van der Waals surface area contributed by atoms with Gasteiger partial charge in [-0.1, -0.05) is 81.0 Å². The summed E-state index contributed by atoms with van der Waals surface area (Å²) in [7, 11) is 0. The van der Waals surface area contributed by atoms with Crippen molar-refractivity contribution in [2.24, 2.45) is 29.6 Å². The van der Waals surface area contributed by atoms with Gasteiger partial charge in [0.15, 0.2) is 11.6 Å². The molecular weight excluding hydrogens is 432 g/mol. The first kappa shape index (κ1) is 23.3. The third kappa shape index (κ3) is 4.38. The normalized spacial score (nSPS) is 31.3. The van der Waals surface area contributed by atoms with E-state index in [1.165, 1.54) is 5.57 Å². The molecule has 35 heavy (non-hydrogen) atoms. The minimum absolute atomic E-state index is 0.00963. The summed E-state index contributed by atoms with van der Waals surface area (Å²) in [6.07, 6.45) is 21.7. The van der Waals surface area contributed by atoms with Gasteiger partial charge in [-0.25, -0.2) is 0 Å². The summed E-state index contributed by atoms with van der Waals surface area (Å²) in [4.78, 5) is 28.0. The molecule has 0 fully saturated rings. The molecule has 0 bridgehead atoms. The Kier molecular flexibility index (Phi) is 6.22. The van der Waals surface area contributed by atoms with Crippen LogP contribution >= 0.6 is 0 Å². The molecule has 5 unspecified atom stereocenters. The highest BCUT2D eigenvalue weighted by Crippen LogP contribution is 2.42. The average Bonchev–Trinajstić information content (AvgIpc) is 2.93. The van der Waals surface area contributed by atoms with E-state index in [1.54, 1.807) is 0 Å². The van der Waals surface area contributed by atoms with Crippen molar-refractivity contribution < 1.29 is 9.59 Å². The monoisotopic (exact) mass is 466 g/mol. The molecule has 0 radical (unpaired) electrons. The highest BCUT2D eigenvalue weighted by Gasteiger charge is 2.42. The van der Waals surface area contributed by atoms with E-state index in [0.717, 1.165) is 17.8 Å². The van der Waals surface area contributed by atoms with Gasteiger partial charge in [0.1, 0.15) is 0 Å². The average molecular weight is 467 g/mol. The number of hydrogen-bond donors (Lipinski definition) is 2. The Balaban J connectivity index is 1.61. The topological polar surface area (TPSA) is 58.2 Å². The van der Waals surface area contributed by atoms with Crippen LogP contribution < -0.4 is 10.6 Å². The first-order chi connectivity index (χ1) is 16.8. The van der Waals surface area contributed by atoms with Gasteiger partial charge in [-0.2, -0.15) is 0 Å². The van der Waals surface area contributed by atoms with Crippen LogP contribution in [0.25, 0.3) is 0 Å². The van der Waals surface area contributed by atoms with Gasteiger partial charge >= 0.3 is 0 Å². The van der Waals surface area contributed by atoms with Crippen LogP contribution in [0, 0.1) is 29.6 Å². The number of hydrogen-bond acceptors (Lipinski definition) is 4. The molecule has 0 saturated carbocycles. The van der Waals surface area contributed by atoms with Crippen molar-refractivity contribution in [1.82, 2.24) is 0 Å². The molecule has 0 amide bonds. The smallest absolute Gasteiger partial charge is 0.173 e. The molecule has 4 aliphatic rings. The minimum Gasteiger partial charge on any atom is -0.378 e. The molecule has 5 rings (SSSR count). The Labute approximate surface area is 208 Å². The standard InChI is InChI=1S/C31H34N2O2/c1-18-9-12-22(13-10-18)32-26-15-16-27(33-25-14-11-19(2)17-20(25)3)29-28(26)30(34)21(4)23-7-5-6-8-24(23)31(29)35/h5-9,11-18,20-21,23-25,32-33H,10H2,1-4H3/t18?,20?,21-,23?,24?,25?/m0/s1. The summed E-state index contributed by atoms with van der Waals surface area (Å²) in [5, 5.41) is 7.07. The van der Waals surface area contributed by atoms with Crippen LogP contribution in [0.1, 0.15) is 54.8 Å². The molecule has 0 saturated heterocycles. The van der Waals surface area contributed by atoms with E-state index in [9.17, 15) is 9.59 Å². The number of carbonyl (C=O) groups excluding carboxylic acids is 2.